The van der Waals surface area contributed by atoms with E-state index in [2.05, 4.69) is 67.5 Å². The lowest BCUT2D eigenvalue weighted by Gasteiger charge is -2.09. The number of rotatable bonds is 7. The van der Waals surface area contributed by atoms with Gasteiger partial charge in [0.05, 0.1) is 12.3 Å². The van der Waals surface area contributed by atoms with E-state index in [-0.39, 0.29) is 0 Å². The number of benzene rings is 2. The molecule has 0 atom stereocenters. The number of hydrogen-bond donors (Lipinski definition) is 0. The molecule has 0 N–H and O–H groups in total. The molecule has 0 saturated carbocycles. The third-order valence-corrected chi connectivity index (χ3v) is 3.79. The molecule has 0 fully saturated rings. The van der Waals surface area contributed by atoms with Crippen molar-refractivity contribution >= 4 is 11.5 Å². The van der Waals surface area contributed by atoms with Crippen LogP contribution in [0, 0.1) is 13.8 Å². The van der Waals surface area contributed by atoms with Crippen molar-refractivity contribution < 1.29 is 4.74 Å². The van der Waals surface area contributed by atoms with Crippen molar-refractivity contribution in [1.29, 1.82) is 0 Å². The third kappa shape index (κ3) is 5.92. The predicted molar refractivity (Wildman–Crippen MR) is 111 cm³/mol. The SMILES string of the molecule is CCO/C(=C/C=C/C(=N\N(C)C)c1ccc(C)cc1)c1ccc(C)cc1. The summed E-state index contributed by atoms with van der Waals surface area (Å²) in [6.07, 6.45) is 6.00. The van der Waals surface area contributed by atoms with Gasteiger partial charge in [-0.25, -0.2) is 0 Å². The Morgan fingerprint density at radius 1 is 0.923 bits per heavy atom. The Balaban J connectivity index is 2.30. The Hall–Kier alpha value is -2.81. The van der Waals surface area contributed by atoms with E-state index in [1.165, 1.54) is 11.1 Å². The second-order valence-corrected chi connectivity index (χ2v) is 6.39. The molecule has 26 heavy (non-hydrogen) atoms. The monoisotopic (exact) mass is 348 g/mol. The summed E-state index contributed by atoms with van der Waals surface area (Å²) in [5, 5.41) is 6.41. The minimum absolute atomic E-state index is 0.629. The average molecular weight is 348 g/mol. The second kappa shape index (κ2) is 9.62. The van der Waals surface area contributed by atoms with E-state index in [0.29, 0.717) is 6.61 Å². The van der Waals surface area contributed by atoms with Crippen molar-refractivity contribution in [2.75, 3.05) is 20.7 Å². The fraction of sp³-hybridized carbons (Fsp3) is 0.261. The van der Waals surface area contributed by atoms with E-state index in [0.717, 1.165) is 22.6 Å². The Morgan fingerprint density at radius 2 is 1.46 bits per heavy atom. The Labute approximate surface area is 157 Å². The lowest BCUT2D eigenvalue weighted by Crippen LogP contribution is -2.08. The van der Waals surface area contributed by atoms with Gasteiger partial charge in [-0.15, -0.1) is 0 Å². The van der Waals surface area contributed by atoms with Crippen LogP contribution in [0.15, 0.2) is 71.9 Å². The van der Waals surface area contributed by atoms with Crippen LogP contribution < -0.4 is 0 Å². The van der Waals surface area contributed by atoms with Gasteiger partial charge in [0.25, 0.3) is 0 Å². The summed E-state index contributed by atoms with van der Waals surface area (Å²) in [6.45, 7) is 6.79. The third-order valence-electron chi connectivity index (χ3n) is 3.79. The molecule has 0 aliphatic carbocycles. The molecule has 0 spiro atoms. The molecule has 0 unspecified atom stereocenters. The van der Waals surface area contributed by atoms with Gasteiger partial charge in [0, 0.05) is 25.2 Å². The molecule has 0 heterocycles. The minimum Gasteiger partial charge on any atom is -0.493 e. The molecule has 2 rings (SSSR count). The van der Waals surface area contributed by atoms with Crippen LogP contribution >= 0.6 is 0 Å². The van der Waals surface area contributed by atoms with Gasteiger partial charge in [0.1, 0.15) is 5.76 Å². The van der Waals surface area contributed by atoms with Gasteiger partial charge < -0.3 is 9.75 Å². The first kappa shape index (κ1) is 19.5. The van der Waals surface area contributed by atoms with E-state index < -0.39 is 0 Å². The molecule has 0 aliphatic heterocycles. The van der Waals surface area contributed by atoms with Crippen LogP contribution in [0.3, 0.4) is 0 Å². The molecule has 2 aromatic rings. The molecule has 3 heteroatoms. The van der Waals surface area contributed by atoms with Crippen LogP contribution in [0.4, 0.5) is 0 Å². The van der Waals surface area contributed by atoms with E-state index >= 15 is 0 Å². The molecule has 0 aromatic heterocycles. The Bertz CT molecular complexity index is 782. The van der Waals surface area contributed by atoms with Crippen molar-refractivity contribution in [1.82, 2.24) is 5.01 Å². The average Bonchev–Trinajstić information content (AvgIpc) is 2.61. The number of hydrogen-bond acceptors (Lipinski definition) is 3. The molecule has 0 radical (unpaired) electrons. The maximum atomic E-state index is 5.81. The smallest absolute Gasteiger partial charge is 0.126 e. The highest BCUT2D eigenvalue weighted by Gasteiger charge is 2.03. The normalized spacial score (nSPS) is 12.5. The van der Waals surface area contributed by atoms with Gasteiger partial charge in [-0.05, 0) is 32.9 Å². The summed E-state index contributed by atoms with van der Waals surface area (Å²) in [7, 11) is 3.85. The fourth-order valence-corrected chi connectivity index (χ4v) is 2.45. The van der Waals surface area contributed by atoms with Crippen LogP contribution in [0.1, 0.15) is 29.2 Å². The van der Waals surface area contributed by atoms with Crippen LogP contribution in [0.25, 0.3) is 5.76 Å². The summed E-state index contributed by atoms with van der Waals surface area (Å²) in [5.41, 5.74) is 5.54. The van der Waals surface area contributed by atoms with E-state index in [1.807, 2.05) is 44.3 Å². The maximum absolute atomic E-state index is 5.81. The molecule has 2 aromatic carbocycles. The van der Waals surface area contributed by atoms with Crippen LogP contribution in [0.5, 0.6) is 0 Å². The Morgan fingerprint density at radius 3 is 1.96 bits per heavy atom. The van der Waals surface area contributed by atoms with Crippen LogP contribution in [0.2, 0.25) is 0 Å². The zero-order valence-electron chi connectivity index (χ0n) is 16.4. The van der Waals surface area contributed by atoms with Gasteiger partial charge in [0.2, 0.25) is 0 Å². The fourth-order valence-electron chi connectivity index (χ4n) is 2.45. The number of hydrazone groups is 1. The molecule has 3 nitrogen and oxygen atoms in total. The molecule has 0 aliphatic rings. The van der Waals surface area contributed by atoms with Crippen molar-refractivity contribution in [2.45, 2.75) is 20.8 Å². The second-order valence-electron chi connectivity index (χ2n) is 6.39. The van der Waals surface area contributed by atoms with Crippen molar-refractivity contribution in [3.8, 4) is 0 Å². The quantitative estimate of drug-likeness (QED) is 0.297. The van der Waals surface area contributed by atoms with Gasteiger partial charge >= 0.3 is 0 Å². The molecular weight excluding hydrogens is 320 g/mol. The topological polar surface area (TPSA) is 24.8 Å². The van der Waals surface area contributed by atoms with Gasteiger partial charge in [-0.2, -0.15) is 5.10 Å². The van der Waals surface area contributed by atoms with Gasteiger partial charge in [-0.3, -0.25) is 0 Å². The highest BCUT2D eigenvalue weighted by Crippen LogP contribution is 2.17. The highest BCUT2D eigenvalue weighted by atomic mass is 16.5. The summed E-state index contributed by atoms with van der Waals surface area (Å²) >= 11 is 0. The lowest BCUT2D eigenvalue weighted by atomic mass is 10.1. The van der Waals surface area contributed by atoms with E-state index in [1.54, 1.807) is 0 Å². The van der Waals surface area contributed by atoms with Gasteiger partial charge in [-0.1, -0.05) is 65.7 Å². The number of aryl methyl sites for hydroxylation is 2. The molecule has 0 saturated heterocycles. The largest absolute Gasteiger partial charge is 0.493 e. The number of allylic oxidation sites excluding steroid dienone is 3. The predicted octanol–water partition coefficient (Wildman–Crippen LogP) is 5.20. The molecular formula is C23H28N2O. The minimum atomic E-state index is 0.629. The summed E-state index contributed by atoms with van der Waals surface area (Å²) in [5.74, 6) is 0.858. The first-order valence-corrected chi connectivity index (χ1v) is 8.90. The maximum Gasteiger partial charge on any atom is 0.126 e. The standard InChI is InChI=1S/C23H28N2O/c1-6-26-23(21-16-12-19(3)13-17-21)9-7-8-22(24-25(4)5)20-14-10-18(2)11-15-20/h7-17H,6H2,1-5H3/b8-7+,23-9+,24-22+. The first-order chi connectivity index (χ1) is 12.5. The van der Waals surface area contributed by atoms with E-state index in [4.69, 9.17) is 4.74 Å². The summed E-state index contributed by atoms with van der Waals surface area (Å²) < 4.78 is 5.81. The van der Waals surface area contributed by atoms with E-state index in [9.17, 15) is 0 Å². The first-order valence-electron chi connectivity index (χ1n) is 8.90. The molecule has 136 valence electrons. The molecule has 0 amide bonds. The summed E-state index contributed by atoms with van der Waals surface area (Å²) in [6, 6.07) is 16.7. The lowest BCUT2D eigenvalue weighted by molar-refractivity contribution is 0.298. The zero-order valence-corrected chi connectivity index (χ0v) is 16.4. The molecule has 0 bridgehead atoms. The van der Waals surface area contributed by atoms with Crippen molar-refractivity contribution in [3.63, 3.8) is 0 Å². The highest BCUT2D eigenvalue weighted by molar-refractivity contribution is 6.08. The van der Waals surface area contributed by atoms with Gasteiger partial charge in [0.15, 0.2) is 0 Å². The van der Waals surface area contributed by atoms with Crippen molar-refractivity contribution in [2.24, 2.45) is 5.10 Å². The van der Waals surface area contributed by atoms with Crippen LogP contribution in [-0.2, 0) is 4.74 Å². The summed E-state index contributed by atoms with van der Waals surface area (Å²) in [4.78, 5) is 0. The number of ether oxygens (including phenoxy) is 1. The number of nitrogens with zero attached hydrogens (tertiary/aromatic N) is 2. The van der Waals surface area contributed by atoms with Crippen molar-refractivity contribution in [3.05, 3.63) is 89.0 Å². The zero-order chi connectivity index (χ0) is 18.9. The Kier molecular flexibility index (Phi) is 7.22. The van der Waals surface area contributed by atoms with Crippen LogP contribution in [-0.4, -0.2) is 31.4 Å².